The van der Waals surface area contributed by atoms with Crippen molar-refractivity contribution in [3.8, 4) is 0 Å². The average molecular weight is 410 g/mol. The molecular weight excluding hydrogens is 386 g/mol. The number of carbonyl (C=O) groups excluding carboxylic acids is 2. The first-order valence-corrected chi connectivity index (χ1v) is 10.6. The highest BCUT2D eigenvalue weighted by molar-refractivity contribution is 7.13. The number of hydrogen-bond donors (Lipinski definition) is 2. The van der Waals surface area contributed by atoms with Crippen LogP contribution < -0.4 is 10.6 Å². The second kappa shape index (κ2) is 9.11. The minimum atomic E-state index is -0.368. The number of imide groups is 1. The molecule has 0 spiro atoms. The first-order valence-electron chi connectivity index (χ1n) is 9.82. The van der Waals surface area contributed by atoms with Crippen molar-refractivity contribution < 1.29 is 9.59 Å². The lowest BCUT2D eigenvalue weighted by molar-refractivity contribution is -0.131. The molecule has 4 rings (SSSR count). The van der Waals surface area contributed by atoms with E-state index >= 15 is 0 Å². The summed E-state index contributed by atoms with van der Waals surface area (Å²) in [6.45, 7) is 1.47. The molecule has 2 amide bonds. The molecule has 1 aromatic carbocycles. The maximum atomic E-state index is 13.1. The molecule has 1 aliphatic heterocycles. The molecule has 150 valence electrons. The van der Waals surface area contributed by atoms with Gasteiger partial charge in [0.25, 0.3) is 5.91 Å². The predicted octanol–water partition coefficient (Wildman–Crippen LogP) is 2.91. The topological polar surface area (TPSA) is 87.2 Å². The third-order valence-corrected chi connectivity index (χ3v) is 5.84. The molecule has 0 bridgehead atoms. The van der Waals surface area contributed by atoms with Crippen molar-refractivity contribution in [3.05, 3.63) is 54.4 Å². The van der Waals surface area contributed by atoms with Crippen LogP contribution in [-0.2, 0) is 4.79 Å². The zero-order valence-corrected chi connectivity index (χ0v) is 16.8. The van der Waals surface area contributed by atoms with Crippen LogP contribution in [0.25, 0.3) is 10.1 Å². The van der Waals surface area contributed by atoms with Gasteiger partial charge in [0.1, 0.15) is 11.5 Å². The fourth-order valence-electron chi connectivity index (χ4n) is 3.49. The minimum absolute atomic E-state index is 0.190. The molecule has 0 radical (unpaired) electrons. The Morgan fingerprint density at radius 1 is 1.17 bits per heavy atom. The summed E-state index contributed by atoms with van der Waals surface area (Å²) < 4.78 is 5.54. The summed E-state index contributed by atoms with van der Waals surface area (Å²) in [6.07, 6.45) is 4.35. The second-order valence-electron chi connectivity index (χ2n) is 6.97. The summed E-state index contributed by atoms with van der Waals surface area (Å²) in [5.74, 6) is 0.220. The summed E-state index contributed by atoms with van der Waals surface area (Å²) in [6, 6.07) is 12.8. The molecule has 0 saturated carbocycles. The van der Waals surface area contributed by atoms with Gasteiger partial charge in [-0.05, 0) is 55.2 Å². The molecule has 2 N–H and O–H groups in total. The third-order valence-electron chi connectivity index (χ3n) is 5.01. The molecule has 0 aliphatic carbocycles. The van der Waals surface area contributed by atoms with Gasteiger partial charge >= 0.3 is 0 Å². The predicted molar refractivity (Wildman–Crippen MR) is 114 cm³/mol. The number of aromatic nitrogens is 2. The highest BCUT2D eigenvalue weighted by Crippen LogP contribution is 2.26. The molecule has 3 aromatic rings. The van der Waals surface area contributed by atoms with Gasteiger partial charge in [0.05, 0.1) is 10.7 Å². The Morgan fingerprint density at radius 3 is 2.83 bits per heavy atom. The lowest BCUT2D eigenvalue weighted by Crippen LogP contribution is -2.51. The van der Waals surface area contributed by atoms with Crippen molar-refractivity contribution in [2.75, 3.05) is 25.0 Å². The third kappa shape index (κ3) is 4.44. The molecule has 1 unspecified atom stereocenters. The molecule has 1 fully saturated rings. The SMILES string of the molecule is O=C(c1ccccn1)N(CCNc1nsc2ccccc12)C(=O)C1CCCCN1. The van der Waals surface area contributed by atoms with Crippen LogP contribution in [0, 0.1) is 0 Å². The van der Waals surface area contributed by atoms with Gasteiger partial charge in [-0.2, -0.15) is 4.37 Å². The molecule has 1 saturated heterocycles. The number of pyridine rings is 1. The Kier molecular flexibility index (Phi) is 6.12. The van der Waals surface area contributed by atoms with Gasteiger partial charge in [0.2, 0.25) is 5.91 Å². The standard InChI is InChI=1S/C21H23N5O2S/c27-20(16-8-3-5-11-22-16)26(21(28)17-9-4-6-12-23-17)14-13-24-19-15-7-1-2-10-18(15)29-25-19/h1-3,5,7-8,10-11,17,23H,4,6,9,12-14H2,(H,24,25). The molecular formula is C21H23N5O2S. The normalized spacial score (nSPS) is 16.5. The number of hydrogen-bond acceptors (Lipinski definition) is 7. The molecule has 29 heavy (non-hydrogen) atoms. The quantitative estimate of drug-likeness (QED) is 0.609. The van der Waals surface area contributed by atoms with E-state index in [9.17, 15) is 9.59 Å². The highest BCUT2D eigenvalue weighted by atomic mass is 32.1. The molecule has 1 aliphatic rings. The molecule has 2 aromatic heterocycles. The Labute approximate surface area is 173 Å². The number of fused-ring (bicyclic) bond motifs is 1. The Bertz CT molecular complexity index is 985. The first kappa shape index (κ1) is 19.5. The number of amides is 2. The lowest BCUT2D eigenvalue weighted by Gasteiger charge is -2.28. The zero-order chi connectivity index (χ0) is 20.1. The van der Waals surface area contributed by atoms with Crippen LogP contribution in [0.4, 0.5) is 5.82 Å². The van der Waals surface area contributed by atoms with Gasteiger partial charge < -0.3 is 10.6 Å². The van der Waals surface area contributed by atoms with Gasteiger partial charge in [-0.25, -0.2) is 0 Å². The maximum Gasteiger partial charge on any atom is 0.279 e. The van der Waals surface area contributed by atoms with Crippen LogP contribution in [-0.4, -0.2) is 51.7 Å². The second-order valence-corrected chi connectivity index (χ2v) is 7.77. The van der Waals surface area contributed by atoms with E-state index in [4.69, 9.17) is 0 Å². The van der Waals surface area contributed by atoms with E-state index in [1.165, 1.54) is 16.4 Å². The summed E-state index contributed by atoms with van der Waals surface area (Å²) in [5.41, 5.74) is 0.274. The maximum absolute atomic E-state index is 13.1. The summed E-state index contributed by atoms with van der Waals surface area (Å²) in [4.78, 5) is 31.5. The summed E-state index contributed by atoms with van der Waals surface area (Å²) in [5, 5.41) is 7.56. The van der Waals surface area contributed by atoms with Gasteiger partial charge in [-0.15, -0.1) is 0 Å². The van der Waals surface area contributed by atoms with E-state index in [0.29, 0.717) is 6.54 Å². The molecule has 3 heterocycles. The molecule has 1 atom stereocenters. The number of carbonyl (C=O) groups is 2. The van der Waals surface area contributed by atoms with Crippen molar-refractivity contribution >= 4 is 39.3 Å². The average Bonchev–Trinajstić information content (AvgIpc) is 3.20. The Morgan fingerprint density at radius 2 is 2.03 bits per heavy atom. The number of benzene rings is 1. The van der Waals surface area contributed by atoms with Crippen LogP contribution >= 0.6 is 11.5 Å². The van der Waals surface area contributed by atoms with Crippen LogP contribution in [0.3, 0.4) is 0 Å². The van der Waals surface area contributed by atoms with Crippen LogP contribution in [0.5, 0.6) is 0 Å². The number of nitrogens with zero attached hydrogens (tertiary/aromatic N) is 3. The van der Waals surface area contributed by atoms with E-state index < -0.39 is 0 Å². The van der Waals surface area contributed by atoms with E-state index in [2.05, 4.69) is 20.0 Å². The summed E-state index contributed by atoms with van der Waals surface area (Å²) >= 11 is 1.42. The van der Waals surface area contributed by atoms with Gasteiger partial charge in [0.15, 0.2) is 0 Å². The highest BCUT2D eigenvalue weighted by Gasteiger charge is 2.30. The Balaban J connectivity index is 1.48. The van der Waals surface area contributed by atoms with Crippen molar-refractivity contribution in [3.63, 3.8) is 0 Å². The molecule has 7 nitrogen and oxygen atoms in total. The molecule has 8 heteroatoms. The first-order chi connectivity index (χ1) is 14.2. The summed E-state index contributed by atoms with van der Waals surface area (Å²) in [7, 11) is 0. The van der Waals surface area contributed by atoms with Crippen molar-refractivity contribution in [1.82, 2.24) is 19.6 Å². The largest absolute Gasteiger partial charge is 0.367 e. The number of nitrogens with one attached hydrogen (secondary N) is 2. The van der Waals surface area contributed by atoms with Gasteiger partial charge in [-0.1, -0.05) is 24.6 Å². The van der Waals surface area contributed by atoms with Gasteiger partial charge in [-0.3, -0.25) is 19.5 Å². The van der Waals surface area contributed by atoms with Gasteiger partial charge in [0, 0.05) is 24.7 Å². The number of rotatable bonds is 6. The van der Waals surface area contributed by atoms with E-state index in [0.717, 1.165) is 41.7 Å². The van der Waals surface area contributed by atoms with Crippen LogP contribution in [0.1, 0.15) is 29.8 Å². The van der Waals surface area contributed by atoms with E-state index in [1.54, 1.807) is 24.4 Å². The smallest absolute Gasteiger partial charge is 0.279 e. The number of piperidine rings is 1. The van der Waals surface area contributed by atoms with Crippen LogP contribution in [0.2, 0.25) is 0 Å². The monoisotopic (exact) mass is 409 g/mol. The van der Waals surface area contributed by atoms with Crippen molar-refractivity contribution in [1.29, 1.82) is 0 Å². The minimum Gasteiger partial charge on any atom is -0.367 e. The zero-order valence-electron chi connectivity index (χ0n) is 16.0. The van der Waals surface area contributed by atoms with E-state index in [-0.39, 0.29) is 30.1 Å². The van der Waals surface area contributed by atoms with Crippen molar-refractivity contribution in [2.45, 2.75) is 25.3 Å². The van der Waals surface area contributed by atoms with Crippen molar-refractivity contribution in [2.24, 2.45) is 0 Å². The lowest BCUT2D eigenvalue weighted by atomic mass is 10.0. The van der Waals surface area contributed by atoms with Crippen LogP contribution in [0.15, 0.2) is 48.7 Å². The fourth-order valence-corrected chi connectivity index (χ4v) is 4.24. The number of anilines is 1. The fraction of sp³-hybridized carbons (Fsp3) is 0.333. The Hall–Kier alpha value is -2.84. The van der Waals surface area contributed by atoms with E-state index in [1.807, 2.05) is 24.3 Å².